The smallest absolute Gasteiger partial charge is 0.261 e. The summed E-state index contributed by atoms with van der Waals surface area (Å²) in [6.07, 6.45) is 0.0786. The molecule has 0 aromatic heterocycles. The van der Waals surface area contributed by atoms with Crippen molar-refractivity contribution in [2.24, 2.45) is 10.7 Å². The molecule has 2 aliphatic heterocycles. The van der Waals surface area contributed by atoms with Gasteiger partial charge in [0.25, 0.3) is 5.91 Å². The molecule has 0 radical (unpaired) electrons. The number of likely N-dealkylation sites (N-methyl/N-ethyl adjacent to an activating group) is 1. The Kier molecular flexibility index (Phi) is 2.86. The van der Waals surface area contributed by atoms with E-state index in [0.717, 1.165) is 5.56 Å². The molecule has 21 heavy (non-hydrogen) atoms. The van der Waals surface area contributed by atoms with E-state index in [0.29, 0.717) is 17.8 Å². The van der Waals surface area contributed by atoms with Crippen LogP contribution in [-0.2, 0) is 9.53 Å². The zero-order chi connectivity index (χ0) is 15.2. The molecule has 0 bridgehead atoms. The van der Waals surface area contributed by atoms with Crippen molar-refractivity contribution in [3.63, 3.8) is 0 Å². The van der Waals surface area contributed by atoms with Crippen LogP contribution in [0.4, 0.5) is 0 Å². The molecular weight excluding hydrogens is 266 g/mol. The molecule has 0 saturated carbocycles. The average molecular weight is 283 g/mol. The minimum absolute atomic E-state index is 0.185. The molecule has 1 saturated heterocycles. The molecule has 1 amide bonds. The standard InChI is InChI=1S/C16H17N3O2/c1-10-11(2)21-13(12-7-5-4-6-8-12)9-16(10)14(20)19(3)15(17)18-16/h4-8,13H,1-2,9H2,3H3,(H2,17,18). The number of amides is 1. The Labute approximate surface area is 123 Å². The fourth-order valence-corrected chi connectivity index (χ4v) is 2.79. The first-order chi connectivity index (χ1) is 9.95. The summed E-state index contributed by atoms with van der Waals surface area (Å²) >= 11 is 0. The van der Waals surface area contributed by atoms with E-state index in [9.17, 15) is 4.79 Å². The molecule has 1 aromatic carbocycles. The fourth-order valence-electron chi connectivity index (χ4n) is 2.79. The molecule has 108 valence electrons. The second kappa shape index (κ2) is 4.48. The van der Waals surface area contributed by atoms with Crippen molar-refractivity contribution < 1.29 is 9.53 Å². The number of carbonyl (C=O) groups is 1. The lowest BCUT2D eigenvalue weighted by Crippen LogP contribution is -2.46. The Morgan fingerprint density at radius 2 is 2.05 bits per heavy atom. The number of aliphatic imine (C=N–C) groups is 1. The maximum atomic E-state index is 12.6. The highest BCUT2D eigenvalue weighted by Gasteiger charge is 2.54. The summed E-state index contributed by atoms with van der Waals surface area (Å²) in [5.74, 6) is 0.397. The van der Waals surface area contributed by atoms with Crippen LogP contribution >= 0.6 is 0 Å². The van der Waals surface area contributed by atoms with E-state index >= 15 is 0 Å². The predicted molar refractivity (Wildman–Crippen MR) is 80.3 cm³/mol. The third kappa shape index (κ3) is 1.85. The third-order valence-electron chi connectivity index (χ3n) is 4.08. The Morgan fingerprint density at radius 1 is 1.38 bits per heavy atom. The molecule has 0 aliphatic carbocycles. The SMILES string of the molecule is C=C1OC(c2ccccc2)CC2(N=C(N)N(C)C2=O)C1=C. The monoisotopic (exact) mass is 283 g/mol. The topological polar surface area (TPSA) is 67.9 Å². The number of carbonyl (C=O) groups excluding carboxylic acids is 1. The van der Waals surface area contributed by atoms with Gasteiger partial charge in [-0.2, -0.15) is 0 Å². The number of benzene rings is 1. The predicted octanol–water partition coefficient (Wildman–Crippen LogP) is 1.74. The van der Waals surface area contributed by atoms with Crippen molar-refractivity contribution >= 4 is 11.9 Å². The number of nitrogens with zero attached hydrogens (tertiary/aromatic N) is 2. The van der Waals surface area contributed by atoms with Gasteiger partial charge in [-0.25, -0.2) is 4.99 Å². The molecule has 2 N–H and O–H groups in total. The third-order valence-corrected chi connectivity index (χ3v) is 4.08. The molecule has 2 aliphatic rings. The first-order valence-electron chi connectivity index (χ1n) is 6.69. The number of ether oxygens (including phenoxy) is 1. The zero-order valence-electron chi connectivity index (χ0n) is 11.9. The van der Waals surface area contributed by atoms with E-state index in [1.165, 1.54) is 4.90 Å². The first-order valence-corrected chi connectivity index (χ1v) is 6.69. The second-order valence-corrected chi connectivity index (χ2v) is 5.32. The molecule has 1 fully saturated rings. The van der Waals surface area contributed by atoms with Crippen LogP contribution < -0.4 is 5.73 Å². The molecule has 2 atom stereocenters. The summed E-state index contributed by atoms with van der Waals surface area (Å²) in [5.41, 5.74) is 6.17. The van der Waals surface area contributed by atoms with Crippen molar-refractivity contribution in [3.8, 4) is 0 Å². The fraction of sp³-hybridized carbons (Fsp3) is 0.250. The van der Waals surface area contributed by atoms with Gasteiger partial charge in [0.1, 0.15) is 11.9 Å². The highest BCUT2D eigenvalue weighted by Crippen LogP contribution is 2.46. The minimum atomic E-state index is -1.09. The van der Waals surface area contributed by atoms with Crippen molar-refractivity contribution in [2.45, 2.75) is 18.1 Å². The molecule has 1 spiro atoms. The number of guanidine groups is 1. The summed E-state index contributed by atoms with van der Waals surface area (Å²) < 4.78 is 5.82. The highest BCUT2D eigenvalue weighted by atomic mass is 16.5. The molecule has 2 unspecified atom stereocenters. The van der Waals surface area contributed by atoms with Crippen molar-refractivity contribution in [1.29, 1.82) is 0 Å². The van der Waals surface area contributed by atoms with Crippen LogP contribution in [0.2, 0.25) is 0 Å². The largest absolute Gasteiger partial charge is 0.486 e. The molecule has 5 nitrogen and oxygen atoms in total. The Balaban J connectivity index is 2.03. The van der Waals surface area contributed by atoms with E-state index in [4.69, 9.17) is 10.5 Å². The summed E-state index contributed by atoms with van der Waals surface area (Å²) in [6.45, 7) is 7.82. The lowest BCUT2D eigenvalue weighted by Gasteiger charge is -2.37. The van der Waals surface area contributed by atoms with Gasteiger partial charge >= 0.3 is 0 Å². The summed E-state index contributed by atoms with van der Waals surface area (Å²) in [4.78, 5) is 18.3. The van der Waals surface area contributed by atoms with Gasteiger partial charge in [-0.15, -0.1) is 0 Å². The molecule has 5 heteroatoms. The molecule has 2 heterocycles. The maximum Gasteiger partial charge on any atom is 0.261 e. The maximum absolute atomic E-state index is 12.6. The first kappa shape index (κ1) is 13.4. The quantitative estimate of drug-likeness (QED) is 0.853. The Morgan fingerprint density at radius 3 is 2.62 bits per heavy atom. The van der Waals surface area contributed by atoms with E-state index in [2.05, 4.69) is 18.2 Å². The normalized spacial score (nSPS) is 28.8. The van der Waals surface area contributed by atoms with Gasteiger partial charge in [0.05, 0.1) is 0 Å². The van der Waals surface area contributed by atoms with Crippen LogP contribution in [0, 0.1) is 0 Å². The lowest BCUT2D eigenvalue weighted by molar-refractivity contribution is -0.131. The van der Waals surface area contributed by atoms with Gasteiger partial charge in [-0.05, 0) is 5.56 Å². The zero-order valence-corrected chi connectivity index (χ0v) is 11.9. The Bertz CT molecular complexity index is 665. The lowest BCUT2D eigenvalue weighted by atomic mass is 9.80. The van der Waals surface area contributed by atoms with Gasteiger partial charge in [0.15, 0.2) is 11.5 Å². The van der Waals surface area contributed by atoms with Gasteiger partial charge < -0.3 is 10.5 Å². The van der Waals surface area contributed by atoms with Crippen LogP contribution in [0.3, 0.4) is 0 Å². The van der Waals surface area contributed by atoms with Crippen molar-refractivity contribution in [1.82, 2.24) is 4.90 Å². The van der Waals surface area contributed by atoms with E-state index in [1.54, 1.807) is 7.05 Å². The average Bonchev–Trinajstić information content (AvgIpc) is 2.70. The van der Waals surface area contributed by atoms with E-state index in [1.807, 2.05) is 30.3 Å². The van der Waals surface area contributed by atoms with E-state index in [-0.39, 0.29) is 18.0 Å². The summed E-state index contributed by atoms with van der Waals surface area (Å²) in [6, 6.07) is 9.70. The second-order valence-electron chi connectivity index (χ2n) is 5.32. The van der Waals surface area contributed by atoms with Gasteiger partial charge in [-0.3, -0.25) is 9.69 Å². The van der Waals surface area contributed by atoms with Crippen molar-refractivity contribution in [2.75, 3.05) is 7.05 Å². The van der Waals surface area contributed by atoms with Crippen molar-refractivity contribution in [3.05, 3.63) is 60.4 Å². The number of nitrogens with two attached hydrogens (primary N) is 1. The van der Waals surface area contributed by atoms with Gasteiger partial charge in [0, 0.05) is 19.0 Å². The van der Waals surface area contributed by atoms with Gasteiger partial charge in [-0.1, -0.05) is 43.5 Å². The number of rotatable bonds is 1. The number of hydrogen-bond donors (Lipinski definition) is 1. The van der Waals surface area contributed by atoms with Crippen LogP contribution in [-0.4, -0.2) is 29.4 Å². The van der Waals surface area contributed by atoms with E-state index < -0.39 is 5.54 Å². The van der Waals surface area contributed by atoms with Crippen LogP contribution in [0.1, 0.15) is 18.1 Å². The summed E-state index contributed by atoms with van der Waals surface area (Å²) in [5, 5.41) is 0. The van der Waals surface area contributed by atoms with Gasteiger partial charge in [0.2, 0.25) is 0 Å². The van der Waals surface area contributed by atoms with Crippen LogP contribution in [0.5, 0.6) is 0 Å². The highest BCUT2D eigenvalue weighted by molar-refractivity contribution is 6.08. The van der Waals surface area contributed by atoms with Crippen LogP contribution in [0.15, 0.2) is 59.8 Å². The number of hydrogen-bond acceptors (Lipinski definition) is 4. The van der Waals surface area contributed by atoms with Crippen LogP contribution in [0.25, 0.3) is 0 Å². The Hall–Kier alpha value is -2.56. The molecular formula is C16H17N3O2. The molecule has 3 rings (SSSR count). The molecule has 1 aromatic rings. The minimum Gasteiger partial charge on any atom is -0.486 e. The summed E-state index contributed by atoms with van der Waals surface area (Å²) in [7, 11) is 1.61.